The smallest absolute Gasteiger partial charge is 0.274 e. The molecule has 3 rings (SSSR count). The highest BCUT2D eigenvalue weighted by Crippen LogP contribution is 2.22. The highest BCUT2D eigenvalue weighted by Gasteiger charge is 2.22. The number of nitrogens with one attached hydrogen (secondary N) is 1. The maximum Gasteiger partial charge on any atom is 0.274 e. The SMILES string of the molecule is Cc1ccc(S(=O)(=O)N[C@H](C)c2ccc(-n3cccn3)c(F)c2)o1. The van der Waals surface area contributed by atoms with Crippen molar-refractivity contribution < 1.29 is 17.2 Å². The fourth-order valence-electron chi connectivity index (χ4n) is 2.30. The summed E-state index contributed by atoms with van der Waals surface area (Å²) in [5.41, 5.74) is 0.788. The minimum absolute atomic E-state index is 0.166. The molecule has 0 radical (unpaired) electrons. The second-order valence-corrected chi connectivity index (χ2v) is 7.01. The second-order valence-electron chi connectivity index (χ2n) is 5.37. The minimum Gasteiger partial charge on any atom is -0.449 e. The van der Waals surface area contributed by atoms with Gasteiger partial charge in [-0.1, -0.05) is 6.07 Å². The number of sulfonamides is 1. The topological polar surface area (TPSA) is 77.1 Å². The normalized spacial score (nSPS) is 13.1. The van der Waals surface area contributed by atoms with E-state index in [1.54, 1.807) is 50.5 Å². The number of furan rings is 1. The molecule has 0 saturated carbocycles. The van der Waals surface area contributed by atoms with Crippen molar-refractivity contribution in [1.82, 2.24) is 14.5 Å². The molecule has 0 amide bonds. The van der Waals surface area contributed by atoms with E-state index in [0.717, 1.165) is 0 Å². The van der Waals surface area contributed by atoms with Crippen LogP contribution < -0.4 is 4.72 Å². The van der Waals surface area contributed by atoms with Gasteiger partial charge in [0.1, 0.15) is 17.3 Å². The average Bonchev–Trinajstić information content (AvgIpc) is 3.18. The van der Waals surface area contributed by atoms with E-state index >= 15 is 0 Å². The molecule has 2 aromatic heterocycles. The van der Waals surface area contributed by atoms with Crippen molar-refractivity contribution in [3.8, 4) is 5.69 Å². The molecule has 6 nitrogen and oxygen atoms in total. The molecule has 1 atom stereocenters. The van der Waals surface area contributed by atoms with Crippen LogP contribution >= 0.6 is 0 Å². The highest BCUT2D eigenvalue weighted by atomic mass is 32.2. The summed E-state index contributed by atoms with van der Waals surface area (Å²) in [5, 5.41) is 3.81. The van der Waals surface area contributed by atoms with E-state index in [0.29, 0.717) is 17.0 Å². The molecule has 24 heavy (non-hydrogen) atoms. The van der Waals surface area contributed by atoms with Crippen LogP contribution in [0.5, 0.6) is 0 Å². The van der Waals surface area contributed by atoms with Gasteiger partial charge in [-0.15, -0.1) is 0 Å². The molecule has 126 valence electrons. The van der Waals surface area contributed by atoms with Gasteiger partial charge < -0.3 is 4.42 Å². The van der Waals surface area contributed by atoms with Crippen LogP contribution in [0.25, 0.3) is 5.69 Å². The van der Waals surface area contributed by atoms with Crippen molar-refractivity contribution in [2.45, 2.75) is 25.0 Å². The lowest BCUT2D eigenvalue weighted by Gasteiger charge is -2.14. The number of hydrogen-bond donors (Lipinski definition) is 1. The van der Waals surface area contributed by atoms with E-state index in [-0.39, 0.29) is 5.09 Å². The zero-order chi connectivity index (χ0) is 17.3. The predicted octanol–water partition coefficient (Wildman–Crippen LogP) is 2.95. The first-order chi connectivity index (χ1) is 11.4. The Balaban J connectivity index is 1.83. The second kappa shape index (κ2) is 6.21. The monoisotopic (exact) mass is 349 g/mol. The number of benzene rings is 1. The first-order valence-corrected chi connectivity index (χ1v) is 8.73. The van der Waals surface area contributed by atoms with Crippen molar-refractivity contribution in [3.05, 3.63) is 65.9 Å². The molecule has 0 bridgehead atoms. The van der Waals surface area contributed by atoms with Crippen molar-refractivity contribution >= 4 is 10.0 Å². The number of aryl methyl sites for hydroxylation is 1. The lowest BCUT2D eigenvalue weighted by Crippen LogP contribution is -2.26. The van der Waals surface area contributed by atoms with Crippen molar-refractivity contribution in [1.29, 1.82) is 0 Å². The van der Waals surface area contributed by atoms with Gasteiger partial charge in [-0.25, -0.2) is 22.2 Å². The largest absolute Gasteiger partial charge is 0.449 e. The molecule has 8 heteroatoms. The number of hydrogen-bond acceptors (Lipinski definition) is 4. The molecule has 1 N–H and O–H groups in total. The first-order valence-electron chi connectivity index (χ1n) is 7.25. The van der Waals surface area contributed by atoms with Crippen LogP contribution in [0, 0.1) is 12.7 Å². The van der Waals surface area contributed by atoms with E-state index < -0.39 is 21.9 Å². The molecule has 0 spiro atoms. The molecule has 0 fully saturated rings. The van der Waals surface area contributed by atoms with E-state index in [9.17, 15) is 12.8 Å². The maximum atomic E-state index is 14.3. The molecule has 0 aliphatic heterocycles. The van der Waals surface area contributed by atoms with Crippen LogP contribution in [-0.4, -0.2) is 18.2 Å². The summed E-state index contributed by atoms with van der Waals surface area (Å²) in [6, 6.07) is 8.51. The number of halogens is 1. The predicted molar refractivity (Wildman–Crippen MR) is 85.7 cm³/mol. The van der Waals surface area contributed by atoms with Crippen LogP contribution in [0.4, 0.5) is 4.39 Å². The Kier molecular flexibility index (Phi) is 4.25. The van der Waals surface area contributed by atoms with Gasteiger partial charge in [0.2, 0.25) is 5.09 Å². The fraction of sp³-hybridized carbons (Fsp3) is 0.188. The molecule has 0 saturated heterocycles. The van der Waals surface area contributed by atoms with Gasteiger partial charge >= 0.3 is 0 Å². The third-order valence-electron chi connectivity index (χ3n) is 3.54. The van der Waals surface area contributed by atoms with Gasteiger partial charge in [-0.05, 0) is 49.7 Å². The van der Waals surface area contributed by atoms with E-state index in [2.05, 4.69) is 9.82 Å². The molecular weight excluding hydrogens is 333 g/mol. The van der Waals surface area contributed by atoms with Crippen LogP contribution in [0.15, 0.2) is 58.3 Å². The molecular formula is C16H16FN3O3S. The molecule has 3 aromatic rings. The molecule has 2 heterocycles. The van der Waals surface area contributed by atoms with Crippen molar-refractivity contribution in [3.63, 3.8) is 0 Å². The van der Waals surface area contributed by atoms with Gasteiger partial charge in [-0.3, -0.25) is 0 Å². The number of nitrogens with zero attached hydrogens (tertiary/aromatic N) is 2. The number of aromatic nitrogens is 2. The van der Waals surface area contributed by atoms with E-state index in [1.807, 2.05) is 0 Å². The minimum atomic E-state index is -3.81. The molecule has 0 aliphatic carbocycles. The van der Waals surface area contributed by atoms with Crippen molar-refractivity contribution in [2.24, 2.45) is 0 Å². The van der Waals surface area contributed by atoms with Crippen LogP contribution in [-0.2, 0) is 10.0 Å². The summed E-state index contributed by atoms with van der Waals surface area (Å²) in [6.45, 7) is 3.29. The summed E-state index contributed by atoms with van der Waals surface area (Å²) < 4.78 is 47.8. The zero-order valence-electron chi connectivity index (χ0n) is 13.1. The summed E-state index contributed by atoms with van der Waals surface area (Å²) in [6.07, 6.45) is 3.18. The Morgan fingerprint density at radius 3 is 2.67 bits per heavy atom. The first kappa shape index (κ1) is 16.4. The third-order valence-corrected chi connectivity index (χ3v) is 4.95. The standard InChI is InChI=1S/C16H16FN3O3S/c1-11-4-7-16(23-11)24(21,22)19-12(2)13-5-6-15(14(17)10-13)20-9-3-8-18-20/h3-10,12,19H,1-2H3/t12-/m1/s1. The molecule has 0 unspecified atom stereocenters. The van der Waals surface area contributed by atoms with Gasteiger partial charge in [0.25, 0.3) is 10.0 Å². The Morgan fingerprint density at radius 1 is 1.29 bits per heavy atom. The lowest BCUT2D eigenvalue weighted by molar-refractivity contribution is 0.423. The third kappa shape index (κ3) is 3.24. The van der Waals surface area contributed by atoms with E-state index in [4.69, 9.17) is 4.42 Å². The summed E-state index contributed by atoms with van der Waals surface area (Å²) in [5.74, 6) is 0.00809. The average molecular weight is 349 g/mol. The molecule has 1 aromatic carbocycles. The Bertz CT molecular complexity index is 949. The Morgan fingerprint density at radius 2 is 2.08 bits per heavy atom. The summed E-state index contributed by atoms with van der Waals surface area (Å²) >= 11 is 0. The summed E-state index contributed by atoms with van der Waals surface area (Å²) in [7, 11) is -3.81. The molecule has 0 aliphatic rings. The van der Waals surface area contributed by atoms with E-state index in [1.165, 1.54) is 16.8 Å². The maximum absolute atomic E-state index is 14.3. The lowest BCUT2D eigenvalue weighted by atomic mass is 10.1. The highest BCUT2D eigenvalue weighted by molar-refractivity contribution is 7.89. The van der Waals surface area contributed by atoms with Gasteiger partial charge in [0.05, 0.1) is 0 Å². The quantitative estimate of drug-likeness (QED) is 0.768. The zero-order valence-corrected chi connectivity index (χ0v) is 13.9. The summed E-state index contributed by atoms with van der Waals surface area (Å²) in [4.78, 5) is 0. The van der Waals surface area contributed by atoms with Gasteiger partial charge in [-0.2, -0.15) is 5.10 Å². The fourth-order valence-corrected chi connectivity index (χ4v) is 3.51. The Hall–Kier alpha value is -2.45. The number of rotatable bonds is 5. The van der Waals surface area contributed by atoms with Crippen molar-refractivity contribution in [2.75, 3.05) is 0 Å². The Labute approximate surface area is 139 Å². The van der Waals surface area contributed by atoms with Gasteiger partial charge in [0, 0.05) is 18.4 Å². The van der Waals surface area contributed by atoms with Gasteiger partial charge in [0.15, 0.2) is 0 Å². The van der Waals surface area contributed by atoms with Crippen LogP contribution in [0.2, 0.25) is 0 Å². The van der Waals surface area contributed by atoms with Crippen LogP contribution in [0.3, 0.4) is 0 Å². The van der Waals surface area contributed by atoms with Crippen LogP contribution in [0.1, 0.15) is 24.3 Å².